The van der Waals surface area contributed by atoms with Crippen LogP contribution in [0.2, 0.25) is 0 Å². The quantitative estimate of drug-likeness (QED) is 0.761. The van der Waals surface area contributed by atoms with Crippen molar-refractivity contribution in [1.82, 2.24) is 4.90 Å². The fourth-order valence-electron chi connectivity index (χ4n) is 1.80. The zero-order chi connectivity index (χ0) is 12.0. The van der Waals surface area contributed by atoms with Gasteiger partial charge >= 0.3 is 0 Å². The van der Waals surface area contributed by atoms with Crippen molar-refractivity contribution in [3.63, 3.8) is 0 Å². The molecule has 0 aliphatic carbocycles. The Labute approximate surface area is 99.2 Å². The monoisotopic (exact) mass is 221 g/mol. The fraction of sp³-hybridized carbons (Fsp3) is 0.571. The van der Waals surface area contributed by atoms with E-state index in [1.165, 1.54) is 5.56 Å². The van der Waals surface area contributed by atoms with E-state index < -0.39 is 0 Å². The van der Waals surface area contributed by atoms with Crippen LogP contribution in [0.25, 0.3) is 0 Å². The SMILES string of the molecule is CC.Cc1ccc(OC2CCN(C)C2)cc1. The van der Waals surface area contributed by atoms with Crippen LogP contribution in [0, 0.1) is 6.92 Å². The topological polar surface area (TPSA) is 12.5 Å². The molecule has 1 aliphatic heterocycles. The minimum absolute atomic E-state index is 0.378. The van der Waals surface area contributed by atoms with Crippen LogP contribution in [0.15, 0.2) is 24.3 Å². The van der Waals surface area contributed by atoms with Gasteiger partial charge in [-0.25, -0.2) is 0 Å². The van der Waals surface area contributed by atoms with Gasteiger partial charge in [0.15, 0.2) is 0 Å². The lowest BCUT2D eigenvalue weighted by Gasteiger charge is -2.13. The molecule has 1 unspecified atom stereocenters. The van der Waals surface area contributed by atoms with Crippen molar-refractivity contribution >= 4 is 0 Å². The highest BCUT2D eigenvalue weighted by molar-refractivity contribution is 5.26. The Balaban J connectivity index is 0.000000606. The Hall–Kier alpha value is -1.02. The van der Waals surface area contributed by atoms with Crippen molar-refractivity contribution in [2.24, 2.45) is 0 Å². The number of aryl methyl sites for hydroxylation is 1. The maximum atomic E-state index is 5.86. The van der Waals surface area contributed by atoms with Gasteiger partial charge in [0, 0.05) is 13.1 Å². The summed E-state index contributed by atoms with van der Waals surface area (Å²) in [5.41, 5.74) is 1.28. The maximum Gasteiger partial charge on any atom is 0.119 e. The molecule has 0 spiro atoms. The standard InChI is InChI=1S/C12H17NO.C2H6/c1-10-3-5-11(6-4-10)14-12-7-8-13(2)9-12;1-2/h3-6,12H,7-9H2,1-2H3;1-2H3. The van der Waals surface area contributed by atoms with Gasteiger partial charge in [0.2, 0.25) is 0 Å². The third-order valence-corrected chi connectivity index (χ3v) is 2.67. The number of hydrogen-bond donors (Lipinski definition) is 0. The molecule has 1 atom stereocenters. The van der Waals surface area contributed by atoms with E-state index in [9.17, 15) is 0 Å². The lowest BCUT2D eigenvalue weighted by Crippen LogP contribution is -2.21. The van der Waals surface area contributed by atoms with Crippen LogP contribution in [0.4, 0.5) is 0 Å². The summed E-state index contributed by atoms with van der Waals surface area (Å²) in [7, 11) is 2.14. The predicted octanol–water partition coefficient (Wildman–Crippen LogP) is 3.10. The lowest BCUT2D eigenvalue weighted by molar-refractivity contribution is 0.208. The van der Waals surface area contributed by atoms with Gasteiger partial charge in [-0.3, -0.25) is 0 Å². The van der Waals surface area contributed by atoms with E-state index in [2.05, 4.69) is 31.0 Å². The number of likely N-dealkylation sites (tertiary alicyclic amines) is 1. The summed E-state index contributed by atoms with van der Waals surface area (Å²) < 4.78 is 5.86. The van der Waals surface area contributed by atoms with Crippen molar-refractivity contribution in [1.29, 1.82) is 0 Å². The van der Waals surface area contributed by atoms with E-state index in [1.807, 2.05) is 26.0 Å². The second-order valence-electron chi connectivity index (χ2n) is 4.10. The zero-order valence-corrected chi connectivity index (χ0v) is 10.9. The first kappa shape index (κ1) is 13.0. The summed E-state index contributed by atoms with van der Waals surface area (Å²) in [6.07, 6.45) is 1.52. The highest BCUT2D eigenvalue weighted by Gasteiger charge is 2.20. The Kier molecular flexibility index (Phi) is 5.33. The molecule has 2 heteroatoms. The predicted molar refractivity (Wildman–Crippen MR) is 69.1 cm³/mol. The van der Waals surface area contributed by atoms with Crippen LogP contribution in [0.5, 0.6) is 5.75 Å². The molecule has 1 fully saturated rings. The lowest BCUT2D eigenvalue weighted by atomic mass is 10.2. The van der Waals surface area contributed by atoms with E-state index in [0.717, 1.165) is 25.3 Å². The maximum absolute atomic E-state index is 5.86. The normalized spacial score (nSPS) is 20.1. The van der Waals surface area contributed by atoms with Crippen molar-refractivity contribution in [3.8, 4) is 5.75 Å². The molecule has 2 nitrogen and oxygen atoms in total. The van der Waals surface area contributed by atoms with Crippen molar-refractivity contribution < 1.29 is 4.74 Å². The van der Waals surface area contributed by atoms with E-state index in [0.29, 0.717) is 6.10 Å². The number of likely N-dealkylation sites (N-methyl/N-ethyl adjacent to an activating group) is 1. The van der Waals surface area contributed by atoms with Crippen LogP contribution >= 0.6 is 0 Å². The third kappa shape index (κ3) is 3.86. The molecule has 16 heavy (non-hydrogen) atoms. The van der Waals surface area contributed by atoms with Gasteiger partial charge in [0.25, 0.3) is 0 Å². The van der Waals surface area contributed by atoms with Crippen LogP contribution in [0.1, 0.15) is 25.8 Å². The van der Waals surface area contributed by atoms with Crippen molar-refractivity contribution in [3.05, 3.63) is 29.8 Å². The van der Waals surface area contributed by atoms with E-state index in [-0.39, 0.29) is 0 Å². The van der Waals surface area contributed by atoms with E-state index in [1.54, 1.807) is 0 Å². The second-order valence-corrected chi connectivity index (χ2v) is 4.10. The third-order valence-electron chi connectivity index (χ3n) is 2.67. The summed E-state index contributed by atoms with van der Waals surface area (Å²) >= 11 is 0. The summed E-state index contributed by atoms with van der Waals surface area (Å²) in [6.45, 7) is 8.29. The zero-order valence-electron chi connectivity index (χ0n) is 10.9. The van der Waals surface area contributed by atoms with Crippen LogP contribution in [-0.4, -0.2) is 31.1 Å². The molecule has 0 amide bonds. The van der Waals surface area contributed by atoms with Crippen LogP contribution < -0.4 is 4.74 Å². The van der Waals surface area contributed by atoms with E-state index >= 15 is 0 Å². The molecule has 2 rings (SSSR count). The first-order valence-corrected chi connectivity index (χ1v) is 6.16. The minimum atomic E-state index is 0.378. The molecule has 1 aromatic rings. The number of nitrogens with zero attached hydrogens (tertiary/aromatic N) is 1. The van der Waals surface area contributed by atoms with Gasteiger partial charge < -0.3 is 9.64 Å². The smallest absolute Gasteiger partial charge is 0.119 e. The molecular formula is C14H23NO. The summed E-state index contributed by atoms with van der Waals surface area (Å²) in [5.74, 6) is 0.996. The Morgan fingerprint density at radius 3 is 2.31 bits per heavy atom. The molecule has 1 aliphatic rings. The van der Waals surface area contributed by atoms with E-state index in [4.69, 9.17) is 4.74 Å². The van der Waals surface area contributed by atoms with Gasteiger partial charge in [-0.2, -0.15) is 0 Å². The van der Waals surface area contributed by atoms with Gasteiger partial charge in [-0.15, -0.1) is 0 Å². The van der Waals surface area contributed by atoms with Crippen LogP contribution in [-0.2, 0) is 0 Å². The molecule has 90 valence electrons. The van der Waals surface area contributed by atoms with Gasteiger partial charge in [-0.05, 0) is 32.5 Å². The number of benzene rings is 1. The largest absolute Gasteiger partial charge is 0.489 e. The molecule has 1 aromatic carbocycles. The fourth-order valence-corrected chi connectivity index (χ4v) is 1.80. The Morgan fingerprint density at radius 2 is 1.81 bits per heavy atom. The Bertz CT molecular complexity index is 294. The highest BCUT2D eigenvalue weighted by atomic mass is 16.5. The molecule has 0 N–H and O–H groups in total. The number of rotatable bonds is 2. The van der Waals surface area contributed by atoms with Crippen molar-refractivity contribution in [2.45, 2.75) is 33.3 Å². The summed E-state index contributed by atoms with van der Waals surface area (Å²) in [5, 5.41) is 0. The summed E-state index contributed by atoms with van der Waals surface area (Å²) in [4.78, 5) is 2.30. The Morgan fingerprint density at radius 1 is 1.19 bits per heavy atom. The average Bonchev–Trinajstić information content (AvgIpc) is 2.70. The minimum Gasteiger partial charge on any atom is -0.489 e. The first-order valence-electron chi connectivity index (χ1n) is 6.16. The molecular weight excluding hydrogens is 198 g/mol. The van der Waals surface area contributed by atoms with Gasteiger partial charge in [-0.1, -0.05) is 31.5 Å². The number of hydrogen-bond acceptors (Lipinski definition) is 2. The molecule has 0 bridgehead atoms. The molecule has 0 radical (unpaired) electrons. The molecule has 0 saturated carbocycles. The molecule has 0 aromatic heterocycles. The van der Waals surface area contributed by atoms with Crippen LogP contribution in [0.3, 0.4) is 0 Å². The molecule has 1 heterocycles. The highest BCUT2D eigenvalue weighted by Crippen LogP contribution is 2.17. The second kappa shape index (κ2) is 6.54. The first-order chi connectivity index (χ1) is 7.74. The van der Waals surface area contributed by atoms with Gasteiger partial charge in [0.05, 0.1) is 0 Å². The molecule has 1 saturated heterocycles. The summed E-state index contributed by atoms with van der Waals surface area (Å²) in [6, 6.07) is 8.28. The number of ether oxygens (including phenoxy) is 1. The van der Waals surface area contributed by atoms with Crippen molar-refractivity contribution in [2.75, 3.05) is 20.1 Å². The average molecular weight is 221 g/mol. The van der Waals surface area contributed by atoms with Gasteiger partial charge in [0.1, 0.15) is 11.9 Å².